The third-order valence-corrected chi connectivity index (χ3v) is 4.12. The van der Waals surface area contributed by atoms with Crippen molar-refractivity contribution in [1.29, 1.82) is 0 Å². The Morgan fingerprint density at radius 1 is 1.12 bits per heavy atom. The molecule has 0 fully saturated rings. The quantitative estimate of drug-likeness (QED) is 0.869. The first-order valence-corrected chi connectivity index (χ1v) is 7.95. The van der Waals surface area contributed by atoms with Crippen LogP contribution in [-0.4, -0.2) is 18.7 Å². The Bertz CT molecular complexity index is 797. The van der Waals surface area contributed by atoms with Crippen LogP contribution in [0.25, 0.3) is 5.76 Å². The summed E-state index contributed by atoms with van der Waals surface area (Å²) in [5.74, 6) is -0.396. The fraction of sp³-hybridized carbons (Fsp3) is 0.158. The predicted molar refractivity (Wildman–Crippen MR) is 92.3 cm³/mol. The molecule has 0 bridgehead atoms. The number of ketones is 1. The summed E-state index contributed by atoms with van der Waals surface area (Å²) in [4.78, 5) is 24.8. The summed E-state index contributed by atoms with van der Waals surface area (Å²) in [6.07, 6.45) is -0.290. The normalized spacial score (nSPS) is 17.4. The van der Waals surface area contributed by atoms with E-state index in [1.54, 1.807) is 24.3 Å². The van der Waals surface area contributed by atoms with Crippen molar-refractivity contribution in [2.75, 3.05) is 7.05 Å². The van der Waals surface area contributed by atoms with E-state index in [0.29, 0.717) is 10.6 Å². The molecule has 1 unspecified atom stereocenters. The number of nitrogens with one attached hydrogen (secondary N) is 1. The molecular weight excluding hydrogens is 326 g/mol. The maximum Gasteiger partial charge on any atom is 0.258 e. The van der Waals surface area contributed by atoms with Crippen LogP contribution < -0.4 is 5.32 Å². The van der Waals surface area contributed by atoms with Crippen LogP contribution in [0.4, 0.5) is 0 Å². The fourth-order valence-electron chi connectivity index (χ4n) is 2.66. The molecule has 1 atom stereocenters. The van der Waals surface area contributed by atoms with Crippen molar-refractivity contribution in [1.82, 2.24) is 5.32 Å². The Morgan fingerprint density at radius 2 is 1.79 bits per heavy atom. The maximum atomic E-state index is 12.6. The summed E-state index contributed by atoms with van der Waals surface area (Å²) >= 11 is 5.93. The van der Waals surface area contributed by atoms with Gasteiger partial charge in [-0.3, -0.25) is 9.59 Å². The van der Waals surface area contributed by atoms with Crippen LogP contribution in [0, 0.1) is 0 Å². The minimum Gasteiger partial charge on any atom is -0.484 e. The number of Topliss-reactive ketones (excluding diaryl/α,β-unsaturated/α-hetero) is 1. The molecule has 1 N–H and O–H groups in total. The number of carbonyl (C=O) groups excluding carboxylic acids is 2. The van der Waals surface area contributed by atoms with Crippen LogP contribution in [0.5, 0.6) is 0 Å². The van der Waals surface area contributed by atoms with E-state index >= 15 is 0 Å². The van der Waals surface area contributed by atoms with Gasteiger partial charge in [-0.2, -0.15) is 0 Å². The second-order valence-electron chi connectivity index (χ2n) is 5.43. The van der Waals surface area contributed by atoms with Crippen molar-refractivity contribution >= 4 is 29.1 Å². The zero-order valence-corrected chi connectivity index (χ0v) is 13.8. The van der Waals surface area contributed by atoms with Crippen molar-refractivity contribution < 1.29 is 14.3 Å². The molecule has 4 nitrogen and oxygen atoms in total. The van der Waals surface area contributed by atoms with Crippen molar-refractivity contribution in [3.63, 3.8) is 0 Å². The standard InChI is InChI=1S/C19H16ClNO3/c1-21-19(23)17-15(22)11-16(12-5-3-2-4-6-12)24-18(17)13-7-9-14(20)10-8-13/h2-10,16H,11H2,1H3,(H,21,23). The van der Waals surface area contributed by atoms with Gasteiger partial charge < -0.3 is 10.1 Å². The number of hydrogen-bond donors (Lipinski definition) is 1. The molecule has 0 aliphatic carbocycles. The first-order valence-electron chi connectivity index (χ1n) is 7.57. The van der Waals surface area contributed by atoms with Gasteiger partial charge in [-0.15, -0.1) is 0 Å². The molecule has 122 valence electrons. The van der Waals surface area contributed by atoms with Gasteiger partial charge in [-0.25, -0.2) is 0 Å². The van der Waals surface area contributed by atoms with Crippen LogP contribution in [0.2, 0.25) is 5.02 Å². The van der Waals surface area contributed by atoms with E-state index in [1.807, 2.05) is 30.3 Å². The summed E-state index contributed by atoms with van der Waals surface area (Å²) < 4.78 is 6.06. The predicted octanol–water partition coefficient (Wildman–Crippen LogP) is 3.53. The first kappa shape index (κ1) is 16.3. The van der Waals surface area contributed by atoms with Crippen LogP contribution in [-0.2, 0) is 14.3 Å². The average Bonchev–Trinajstić information content (AvgIpc) is 2.62. The van der Waals surface area contributed by atoms with Gasteiger partial charge in [0.25, 0.3) is 5.91 Å². The smallest absolute Gasteiger partial charge is 0.258 e. The summed E-state index contributed by atoms with van der Waals surface area (Å²) in [5.41, 5.74) is 1.59. The minimum atomic E-state index is -0.448. The highest BCUT2D eigenvalue weighted by Gasteiger charge is 2.34. The number of ether oxygens (including phenoxy) is 1. The van der Waals surface area contributed by atoms with Crippen LogP contribution >= 0.6 is 11.6 Å². The lowest BCUT2D eigenvalue weighted by Gasteiger charge is -2.27. The van der Waals surface area contributed by atoms with Gasteiger partial charge in [0.1, 0.15) is 17.4 Å². The Labute approximate surface area is 145 Å². The highest BCUT2D eigenvalue weighted by molar-refractivity contribution is 6.30. The van der Waals surface area contributed by atoms with E-state index in [4.69, 9.17) is 16.3 Å². The lowest BCUT2D eigenvalue weighted by Crippen LogP contribution is -2.31. The number of amides is 1. The molecule has 24 heavy (non-hydrogen) atoms. The molecule has 0 aromatic heterocycles. The maximum absolute atomic E-state index is 12.6. The molecule has 2 aromatic carbocycles. The average molecular weight is 342 g/mol. The van der Waals surface area contributed by atoms with E-state index in [-0.39, 0.29) is 23.5 Å². The van der Waals surface area contributed by atoms with Gasteiger partial charge in [0.15, 0.2) is 5.78 Å². The number of hydrogen-bond acceptors (Lipinski definition) is 3. The van der Waals surface area contributed by atoms with Crippen molar-refractivity contribution in [3.05, 3.63) is 76.3 Å². The van der Waals surface area contributed by atoms with Gasteiger partial charge in [-0.1, -0.05) is 41.9 Å². The highest BCUT2D eigenvalue weighted by atomic mass is 35.5. The van der Waals surface area contributed by atoms with Gasteiger partial charge in [0, 0.05) is 17.6 Å². The Morgan fingerprint density at radius 3 is 2.42 bits per heavy atom. The summed E-state index contributed by atoms with van der Waals surface area (Å²) in [6.45, 7) is 0. The molecular formula is C19H16ClNO3. The summed E-state index contributed by atoms with van der Waals surface area (Å²) in [7, 11) is 1.49. The zero-order valence-electron chi connectivity index (χ0n) is 13.1. The van der Waals surface area contributed by atoms with Gasteiger partial charge >= 0.3 is 0 Å². The Balaban J connectivity index is 2.07. The molecule has 1 amide bonds. The largest absolute Gasteiger partial charge is 0.484 e. The van der Waals surface area contributed by atoms with Crippen molar-refractivity contribution in [3.8, 4) is 0 Å². The Hall–Kier alpha value is -2.59. The molecule has 0 saturated carbocycles. The van der Waals surface area contributed by atoms with Crippen molar-refractivity contribution in [2.24, 2.45) is 0 Å². The minimum absolute atomic E-state index is 0.0482. The molecule has 0 saturated heterocycles. The number of likely N-dealkylation sites (N-methyl/N-ethyl adjacent to an activating group) is 1. The second-order valence-corrected chi connectivity index (χ2v) is 5.87. The highest BCUT2D eigenvalue weighted by Crippen LogP contribution is 2.36. The number of carbonyl (C=O) groups is 2. The molecule has 1 heterocycles. The SMILES string of the molecule is CNC(=O)C1=C(c2ccc(Cl)cc2)OC(c2ccccc2)CC1=O. The van der Waals surface area contributed by atoms with E-state index in [1.165, 1.54) is 7.05 Å². The Kier molecular flexibility index (Phi) is 4.67. The van der Waals surface area contributed by atoms with Crippen LogP contribution in [0.1, 0.15) is 23.7 Å². The molecule has 1 aliphatic rings. The molecule has 0 spiro atoms. The molecule has 2 aromatic rings. The lowest BCUT2D eigenvalue weighted by molar-refractivity contribution is -0.124. The van der Waals surface area contributed by atoms with Crippen molar-refractivity contribution in [2.45, 2.75) is 12.5 Å². The van der Waals surface area contributed by atoms with Crippen LogP contribution in [0.15, 0.2) is 60.2 Å². The lowest BCUT2D eigenvalue weighted by atomic mass is 9.93. The summed E-state index contributed by atoms with van der Waals surface area (Å²) in [6, 6.07) is 16.4. The topological polar surface area (TPSA) is 55.4 Å². The number of halogens is 1. The number of rotatable bonds is 3. The molecule has 3 rings (SSSR count). The second kappa shape index (κ2) is 6.89. The fourth-order valence-corrected chi connectivity index (χ4v) is 2.79. The van der Waals surface area contributed by atoms with E-state index in [2.05, 4.69) is 5.32 Å². The van der Waals surface area contributed by atoms with E-state index in [0.717, 1.165) is 5.56 Å². The first-order chi connectivity index (χ1) is 11.6. The molecule has 0 radical (unpaired) electrons. The summed E-state index contributed by atoms with van der Waals surface area (Å²) in [5, 5.41) is 3.08. The van der Waals surface area contributed by atoms with Gasteiger partial charge in [-0.05, 0) is 29.8 Å². The molecule has 5 heteroatoms. The van der Waals surface area contributed by atoms with Gasteiger partial charge in [0.05, 0.1) is 6.42 Å². The van der Waals surface area contributed by atoms with E-state index in [9.17, 15) is 9.59 Å². The zero-order chi connectivity index (χ0) is 17.1. The van der Waals surface area contributed by atoms with Gasteiger partial charge in [0.2, 0.25) is 0 Å². The monoisotopic (exact) mass is 341 g/mol. The van der Waals surface area contributed by atoms with Crippen LogP contribution in [0.3, 0.4) is 0 Å². The third kappa shape index (κ3) is 3.19. The van der Waals surface area contributed by atoms with E-state index < -0.39 is 12.0 Å². The number of benzene rings is 2. The molecule has 1 aliphatic heterocycles. The third-order valence-electron chi connectivity index (χ3n) is 3.87.